The number of ether oxygens (including phenoxy) is 2. The van der Waals surface area contributed by atoms with Crippen LogP contribution in [0.4, 0.5) is 0 Å². The second-order valence-corrected chi connectivity index (χ2v) is 6.71. The van der Waals surface area contributed by atoms with Crippen molar-refractivity contribution in [3.63, 3.8) is 0 Å². The predicted octanol–water partition coefficient (Wildman–Crippen LogP) is 4.10. The molecule has 1 fully saturated rings. The number of rotatable bonds is 7. The summed E-state index contributed by atoms with van der Waals surface area (Å²) in [6.07, 6.45) is 3.93. The number of benzene rings is 1. The molecule has 1 aromatic carbocycles. The number of carbonyl (C=O) groups excluding carboxylic acids is 1. The van der Waals surface area contributed by atoms with Crippen LogP contribution in [0.1, 0.15) is 32.3 Å². The molecule has 0 aliphatic carbocycles. The molecule has 1 aromatic rings. The first kappa shape index (κ1) is 17.8. The van der Waals surface area contributed by atoms with Crippen LogP contribution in [0.3, 0.4) is 0 Å². The van der Waals surface area contributed by atoms with Crippen LogP contribution in [0.25, 0.3) is 6.08 Å². The van der Waals surface area contributed by atoms with Crippen molar-refractivity contribution < 1.29 is 14.3 Å². The van der Waals surface area contributed by atoms with Gasteiger partial charge in [-0.05, 0) is 37.1 Å². The molecule has 0 spiro atoms. The Morgan fingerprint density at radius 1 is 1.30 bits per heavy atom. The quantitative estimate of drug-likeness (QED) is 0.420. The SMILES string of the molecule is CCCCOc1ccc(/C=C2\SC(=S)N(CC)C2=O)cc1OC. The first-order valence-corrected chi connectivity index (χ1v) is 8.89. The summed E-state index contributed by atoms with van der Waals surface area (Å²) in [5, 5.41) is 0. The number of hydrogen-bond donors (Lipinski definition) is 0. The van der Waals surface area contributed by atoms with Gasteiger partial charge in [0.1, 0.15) is 4.32 Å². The van der Waals surface area contributed by atoms with Crippen molar-refractivity contribution in [1.82, 2.24) is 4.90 Å². The monoisotopic (exact) mass is 351 g/mol. The van der Waals surface area contributed by atoms with Crippen molar-refractivity contribution in [2.75, 3.05) is 20.3 Å². The lowest BCUT2D eigenvalue weighted by Gasteiger charge is -2.11. The largest absolute Gasteiger partial charge is 0.493 e. The molecule has 1 saturated heterocycles. The maximum Gasteiger partial charge on any atom is 0.266 e. The average Bonchev–Trinajstić information content (AvgIpc) is 2.82. The Bertz CT molecular complexity index is 628. The third kappa shape index (κ3) is 4.26. The summed E-state index contributed by atoms with van der Waals surface area (Å²) in [6, 6.07) is 5.67. The molecule has 4 nitrogen and oxygen atoms in total. The molecule has 0 bridgehead atoms. The Morgan fingerprint density at radius 2 is 2.09 bits per heavy atom. The van der Waals surface area contributed by atoms with E-state index in [1.54, 1.807) is 12.0 Å². The van der Waals surface area contributed by atoms with Crippen LogP contribution in [0.5, 0.6) is 11.5 Å². The Kier molecular flexibility index (Phi) is 6.47. The normalized spacial score (nSPS) is 16.3. The van der Waals surface area contributed by atoms with Crippen LogP contribution >= 0.6 is 24.0 Å². The summed E-state index contributed by atoms with van der Waals surface area (Å²) in [4.78, 5) is 14.5. The van der Waals surface area contributed by atoms with Crippen molar-refractivity contribution in [2.45, 2.75) is 26.7 Å². The number of thioether (sulfide) groups is 1. The van der Waals surface area contributed by atoms with Crippen molar-refractivity contribution >= 4 is 40.3 Å². The molecular formula is C17H21NO3S2. The van der Waals surface area contributed by atoms with Gasteiger partial charge in [0.05, 0.1) is 18.6 Å². The van der Waals surface area contributed by atoms with E-state index in [0.29, 0.717) is 28.1 Å². The molecule has 2 rings (SSSR count). The predicted molar refractivity (Wildman–Crippen MR) is 99.0 cm³/mol. The van der Waals surface area contributed by atoms with Crippen LogP contribution in [-0.2, 0) is 4.79 Å². The van der Waals surface area contributed by atoms with E-state index in [-0.39, 0.29) is 5.91 Å². The molecule has 0 aromatic heterocycles. The van der Waals surface area contributed by atoms with Crippen LogP contribution < -0.4 is 9.47 Å². The molecule has 0 N–H and O–H groups in total. The zero-order valence-electron chi connectivity index (χ0n) is 13.6. The molecule has 1 heterocycles. The van der Waals surface area contributed by atoms with E-state index in [1.807, 2.05) is 31.2 Å². The van der Waals surface area contributed by atoms with Gasteiger partial charge in [0, 0.05) is 6.54 Å². The first-order valence-electron chi connectivity index (χ1n) is 7.66. The van der Waals surface area contributed by atoms with Crippen molar-refractivity contribution in [2.24, 2.45) is 0 Å². The molecule has 0 unspecified atom stereocenters. The summed E-state index contributed by atoms with van der Waals surface area (Å²) in [6.45, 7) is 5.30. The lowest BCUT2D eigenvalue weighted by atomic mass is 10.2. The molecule has 1 amide bonds. The van der Waals surface area contributed by atoms with Crippen LogP contribution in [0.15, 0.2) is 23.1 Å². The van der Waals surface area contributed by atoms with Crippen LogP contribution in [0.2, 0.25) is 0 Å². The van der Waals surface area contributed by atoms with E-state index in [4.69, 9.17) is 21.7 Å². The van der Waals surface area contributed by atoms with Gasteiger partial charge in [-0.3, -0.25) is 9.69 Å². The molecule has 23 heavy (non-hydrogen) atoms. The number of unbranched alkanes of at least 4 members (excludes halogenated alkanes) is 1. The summed E-state index contributed by atoms with van der Waals surface area (Å²) in [5.41, 5.74) is 0.890. The van der Waals surface area contributed by atoms with Gasteiger partial charge >= 0.3 is 0 Å². The van der Waals surface area contributed by atoms with E-state index < -0.39 is 0 Å². The Labute approximate surface area is 146 Å². The summed E-state index contributed by atoms with van der Waals surface area (Å²) in [7, 11) is 1.61. The number of amides is 1. The maximum atomic E-state index is 12.2. The second-order valence-electron chi connectivity index (χ2n) is 5.04. The van der Waals surface area contributed by atoms with Gasteiger partial charge in [0.2, 0.25) is 0 Å². The topological polar surface area (TPSA) is 38.8 Å². The minimum Gasteiger partial charge on any atom is -0.493 e. The van der Waals surface area contributed by atoms with Crippen molar-refractivity contribution in [3.05, 3.63) is 28.7 Å². The number of nitrogens with zero attached hydrogens (tertiary/aromatic N) is 1. The number of likely N-dealkylation sites (N-methyl/N-ethyl adjacent to an activating group) is 1. The number of thiocarbonyl (C=S) groups is 1. The fourth-order valence-electron chi connectivity index (χ4n) is 2.14. The minimum absolute atomic E-state index is 0.0373. The average molecular weight is 351 g/mol. The first-order chi connectivity index (χ1) is 11.1. The van der Waals surface area contributed by atoms with Gasteiger partial charge in [-0.1, -0.05) is 43.4 Å². The molecule has 0 saturated carbocycles. The Hall–Kier alpha value is -1.53. The molecular weight excluding hydrogens is 330 g/mol. The molecule has 0 radical (unpaired) electrons. The lowest BCUT2D eigenvalue weighted by Crippen LogP contribution is -2.27. The van der Waals surface area contributed by atoms with Crippen molar-refractivity contribution in [1.29, 1.82) is 0 Å². The van der Waals surface area contributed by atoms with E-state index in [1.165, 1.54) is 11.8 Å². The zero-order valence-corrected chi connectivity index (χ0v) is 15.3. The minimum atomic E-state index is -0.0373. The van der Waals surface area contributed by atoms with Gasteiger partial charge < -0.3 is 9.47 Å². The highest BCUT2D eigenvalue weighted by atomic mass is 32.2. The summed E-state index contributed by atoms with van der Waals surface area (Å²) in [5.74, 6) is 1.35. The van der Waals surface area contributed by atoms with Crippen LogP contribution in [0, 0.1) is 0 Å². The van der Waals surface area contributed by atoms with Gasteiger partial charge in [-0.2, -0.15) is 0 Å². The zero-order chi connectivity index (χ0) is 16.8. The van der Waals surface area contributed by atoms with Gasteiger partial charge in [0.15, 0.2) is 11.5 Å². The second kappa shape index (κ2) is 8.36. The van der Waals surface area contributed by atoms with Gasteiger partial charge in [0.25, 0.3) is 5.91 Å². The maximum absolute atomic E-state index is 12.2. The highest BCUT2D eigenvalue weighted by Gasteiger charge is 2.30. The third-order valence-electron chi connectivity index (χ3n) is 3.43. The standard InChI is InChI=1S/C17H21NO3S2/c1-4-6-9-21-13-8-7-12(10-14(13)20-3)11-15-16(19)18(5-2)17(22)23-15/h7-8,10-11H,4-6,9H2,1-3H3/b15-11-. The highest BCUT2D eigenvalue weighted by Crippen LogP contribution is 2.34. The van der Waals surface area contributed by atoms with Crippen molar-refractivity contribution in [3.8, 4) is 11.5 Å². The lowest BCUT2D eigenvalue weighted by molar-refractivity contribution is -0.121. The Morgan fingerprint density at radius 3 is 2.70 bits per heavy atom. The highest BCUT2D eigenvalue weighted by molar-refractivity contribution is 8.26. The van der Waals surface area contributed by atoms with Crippen LogP contribution in [-0.4, -0.2) is 35.4 Å². The number of carbonyl (C=O) groups is 1. The smallest absolute Gasteiger partial charge is 0.266 e. The third-order valence-corrected chi connectivity index (χ3v) is 4.81. The fraction of sp³-hybridized carbons (Fsp3) is 0.412. The number of hydrogen-bond acceptors (Lipinski definition) is 5. The fourth-order valence-corrected chi connectivity index (χ4v) is 3.53. The van der Waals surface area contributed by atoms with Gasteiger partial charge in [-0.15, -0.1) is 0 Å². The Balaban J connectivity index is 2.19. The summed E-state index contributed by atoms with van der Waals surface area (Å²) < 4.78 is 11.7. The molecule has 0 atom stereocenters. The van der Waals surface area contributed by atoms with E-state index >= 15 is 0 Å². The van der Waals surface area contributed by atoms with Gasteiger partial charge in [-0.25, -0.2) is 0 Å². The van der Waals surface area contributed by atoms with E-state index in [0.717, 1.165) is 24.2 Å². The molecule has 6 heteroatoms. The molecule has 1 aliphatic heterocycles. The molecule has 1 aliphatic rings. The number of methoxy groups -OCH3 is 1. The van der Waals surface area contributed by atoms with E-state index in [9.17, 15) is 4.79 Å². The van der Waals surface area contributed by atoms with E-state index in [2.05, 4.69) is 6.92 Å². The molecule has 124 valence electrons. The summed E-state index contributed by atoms with van der Waals surface area (Å²) >= 11 is 6.55.